The quantitative estimate of drug-likeness (QED) is 0.485. The van der Waals surface area contributed by atoms with E-state index in [1.807, 2.05) is 31.2 Å². The molecule has 0 aliphatic heterocycles. The predicted octanol–water partition coefficient (Wildman–Crippen LogP) is 3.13. The van der Waals surface area contributed by atoms with Gasteiger partial charge in [0.15, 0.2) is 5.39 Å². The van der Waals surface area contributed by atoms with E-state index in [1.54, 1.807) is 25.3 Å². The summed E-state index contributed by atoms with van der Waals surface area (Å²) in [5, 5.41) is 0.269. The Balaban J connectivity index is 1.94. The van der Waals surface area contributed by atoms with Crippen LogP contribution in [-0.2, 0) is 13.0 Å². The zero-order valence-corrected chi connectivity index (χ0v) is 16.4. The predicted molar refractivity (Wildman–Crippen MR) is 110 cm³/mol. The molecular formula is C22H20N2O5. The van der Waals surface area contributed by atoms with E-state index in [4.69, 9.17) is 13.9 Å². The van der Waals surface area contributed by atoms with E-state index in [0.717, 1.165) is 11.3 Å². The fourth-order valence-corrected chi connectivity index (χ4v) is 3.33. The number of methoxy groups -OCH3 is 2. The Morgan fingerprint density at radius 3 is 2.34 bits per heavy atom. The number of hydrogen-bond acceptors (Lipinski definition) is 6. The van der Waals surface area contributed by atoms with Crippen LogP contribution in [0.25, 0.3) is 22.1 Å². The first kappa shape index (κ1) is 18.7. The highest BCUT2D eigenvalue weighted by molar-refractivity contribution is 5.88. The van der Waals surface area contributed by atoms with Crippen LogP contribution in [0.1, 0.15) is 18.3 Å². The molecule has 0 atom stereocenters. The number of rotatable bonds is 5. The molecule has 2 aromatic heterocycles. The largest absolute Gasteiger partial charge is 0.497 e. The zero-order chi connectivity index (χ0) is 20.5. The molecule has 0 fully saturated rings. The van der Waals surface area contributed by atoms with Crippen LogP contribution in [0.2, 0.25) is 0 Å². The van der Waals surface area contributed by atoms with E-state index in [2.05, 4.69) is 4.98 Å². The summed E-state index contributed by atoms with van der Waals surface area (Å²) in [6, 6.07) is 12.3. The van der Waals surface area contributed by atoms with Gasteiger partial charge in [0.2, 0.25) is 11.1 Å². The third kappa shape index (κ3) is 3.24. The van der Waals surface area contributed by atoms with Gasteiger partial charge >= 0.3 is 0 Å². The number of benzene rings is 2. The van der Waals surface area contributed by atoms with E-state index < -0.39 is 11.0 Å². The van der Waals surface area contributed by atoms with Crippen molar-refractivity contribution in [3.05, 3.63) is 74.4 Å². The maximum Gasteiger partial charge on any atom is 0.269 e. The highest BCUT2D eigenvalue weighted by Gasteiger charge is 2.18. The lowest BCUT2D eigenvalue weighted by Gasteiger charge is -2.12. The van der Waals surface area contributed by atoms with Gasteiger partial charge in [0.05, 0.1) is 26.2 Å². The monoisotopic (exact) mass is 392 g/mol. The van der Waals surface area contributed by atoms with Crippen molar-refractivity contribution in [1.29, 1.82) is 0 Å². The average Bonchev–Trinajstić information content (AvgIpc) is 2.75. The normalized spacial score (nSPS) is 11.1. The Kier molecular flexibility index (Phi) is 4.80. The molecular weight excluding hydrogens is 372 g/mol. The SMILES string of the molecule is CCc1nc2oc3cc(OC)ccc3c(=O)c2c(=O)n1Cc1ccc(OC)cc1. The van der Waals surface area contributed by atoms with Gasteiger partial charge in [0.1, 0.15) is 22.9 Å². The standard InChI is InChI=1S/C22H20N2O5/c1-4-18-23-21-19(20(25)16-10-9-15(28-3)11-17(16)29-21)22(26)24(18)12-13-5-7-14(27-2)8-6-13/h5-11H,4,12H2,1-3H3. The first-order valence-electron chi connectivity index (χ1n) is 9.23. The Bertz CT molecular complexity index is 1320. The summed E-state index contributed by atoms with van der Waals surface area (Å²) in [4.78, 5) is 30.7. The summed E-state index contributed by atoms with van der Waals surface area (Å²) in [5.74, 6) is 1.84. The minimum Gasteiger partial charge on any atom is -0.497 e. The number of fused-ring (bicyclic) bond motifs is 2. The second-order valence-corrected chi connectivity index (χ2v) is 6.59. The first-order chi connectivity index (χ1) is 14.0. The van der Waals surface area contributed by atoms with Crippen LogP contribution >= 0.6 is 0 Å². The molecule has 0 aliphatic carbocycles. The Morgan fingerprint density at radius 2 is 1.69 bits per heavy atom. The van der Waals surface area contributed by atoms with Crippen molar-refractivity contribution < 1.29 is 13.9 Å². The van der Waals surface area contributed by atoms with Crippen molar-refractivity contribution in [3.63, 3.8) is 0 Å². The lowest BCUT2D eigenvalue weighted by molar-refractivity contribution is 0.414. The number of nitrogens with zero attached hydrogens (tertiary/aromatic N) is 2. The van der Waals surface area contributed by atoms with E-state index >= 15 is 0 Å². The van der Waals surface area contributed by atoms with Gasteiger partial charge in [-0.25, -0.2) is 0 Å². The van der Waals surface area contributed by atoms with Gasteiger partial charge in [-0.3, -0.25) is 14.2 Å². The van der Waals surface area contributed by atoms with Crippen LogP contribution in [0.3, 0.4) is 0 Å². The fraction of sp³-hybridized carbons (Fsp3) is 0.227. The lowest BCUT2D eigenvalue weighted by atomic mass is 10.1. The van der Waals surface area contributed by atoms with Crippen LogP contribution in [0.5, 0.6) is 11.5 Å². The molecule has 0 N–H and O–H groups in total. The van der Waals surface area contributed by atoms with Gasteiger partial charge in [0.25, 0.3) is 5.56 Å². The summed E-state index contributed by atoms with van der Waals surface area (Å²) in [7, 11) is 3.13. The van der Waals surface area contributed by atoms with Crippen LogP contribution < -0.4 is 20.5 Å². The van der Waals surface area contributed by atoms with Gasteiger partial charge in [-0.05, 0) is 29.8 Å². The molecule has 2 aromatic carbocycles. The van der Waals surface area contributed by atoms with E-state index in [-0.39, 0.29) is 11.1 Å². The fourth-order valence-electron chi connectivity index (χ4n) is 3.33. The van der Waals surface area contributed by atoms with Gasteiger partial charge in [-0.1, -0.05) is 19.1 Å². The van der Waals surface area contributed by atoms with Crippen molar-refractivity contribution in [2.45, 2.75) is 19.9 Å². The minimum atomic E-state index is -0.408. The van der Waals surface area contributed by atoms with Crippen LogP contribution in [0, 0.1) is 0 Å². The molecule has 2 heterocycles. The second-order valence-electron chi connectivity index (χ2n) is 6.59. The van der Waals surface area contributed by atoms with Crippen molar-refractivity contribution in [2.75, 3.05) is 14.2 Å². The topological polar surface area (TPSA) is 83.6 Å². The Labute approximate surface area is 166 Å². The zero-order valence-electron chi connectivity index (χ0n) is 16.4. The molecule has 0 aliphatic rings. The molecule has 0 unspecified atom stereocenters. The summed E-state index contributed by atoms with van der Waals surface area (Å²) < 4.78 is 17.7. The highest BCUT2D eigenvalue weighted by Crippen LogP contribution is 2.21. The molecule has 0 saturated carbocycles. The van der Waals surface area contributed by atoms with Gasteiger partial charge in [0, 0.05) is 12.5 Å². The van der Waals surface area contributed by atoms with Crippen molar-refractivity contribution >= 4 is 22.1 Å². The number of aromatic nitrogens is 2. The van der Waals surface area contributed by atoms with E-state index in [0.29, 0.717) is 35.5 Å². The van der Waals surface area contributed by atoms with Gasteiger partial charge < -0.3 is 13.9 Å². The molecule has 7 nitrogen and oxygen atoms in total. The van der Waals surface area contributed by atoms with Crippen molar-refractivity contribution in [1.82, 2.24) is 9.55 Å². The molecule has 0 amide bonds. The maximum atomic E-state index is 13.2. The Hall–Kier alpha value is -3.61. The van der Waals surface area contributed by atoms with E-state index in [1.165, 1.54) is 11.7 Å². The number of ether oxygens (including phenoxy) is 2. The Morgan fingerprint density at radius 1 is 1.00 bits per heavy atom. The smallest absolute Gasteiger partial charge is 0.269 e. The van der Waals surface area contributed by atoms with Crippen LogP contribution in [0.15, 0.2) is 56.5 Å². The molecule has 0 radical (unpaired) electrons. The first-order valence-corrected chi connectivity index (χ1v) is 9.23. The summed E-state index contributed by atoms with van der Waals surface area (Å²) in [6.07, 6.45) is 0.515. The van der Waals surface area contributed by atoms with E-state index in [9.17, 15) is 9.59 Å². The van der Waals surface area contributed by atoms with Gasteiger partial charge in [-0.15, -0.1) is 0 Å². The highest BCUT2D eigenvalue weighted by atomic mass is 16.5. The molecule has 4 rings (SSSR count). The average molecular weight is 392 g/mol. The van der Waals surface area contributed by atoms with Crippen molar-refractivity contribution in [2.24, 2.45) is 0 Å². The molecule has 148 valence electrons. The summed E-state index contributed by atoms with van der Waals surface area (Å²) in [5.41, 5.74) is 0.479. The number of aryl methyl sites for hydroxylation is 1. The molecule has 0 bridgehead atoms. The summed E-state index contributed by atoms with van der Waals surface area (Å²) >= 11 is 0. The maximum absolute atomic E-state index is 13.2. The summed E-state index contributed by atoms with van der Waals surface area (Å²) in [6.45, 7) is 2.20. The van der Waals surface area contributed by atoms with Crippen LogP contribution in [-0.4, -0.2) is 23.8 Å². The van der Waals surface area contributed by atoms with Crippen molar-refractivity contribution in [3.8, 4) is 11.5 Å². The third-order valence-corrected chi connectivity index (χ3v) is 4.90. The lowest BCUT2D eigenvalue weighted by Crippen LogP contribution is -2.29. The number of hydrogen-bond donors (Lipinski definition) is 0. The molecule has 29 heavy (non-hydrogen) atoms. The molecule has 0 spiro atoms. The third-order valence-electron chi connectivity index (χ3n) is 4.90. The van der Waals surface area contributed by atoms with Crippen LogP contribution in [0.4, 0.5) is 0 Å². The van der Waals surface area contributed by atoms with Gasteiger partial charge in [-0.2, -0.15) is 4.98 Å². The molecule has 7 heteroatoms. The minimum absolute atomic E-state index is 0.0450. The molecule has 4 aromatic rings. The second kappa shape index (κ2) is 7.43. The molecule has 0 saturated heterocycles.